The van der Waals surface area contributed by atoms with Crippen LogP contribution < -0.4 is 5.73 Å². The molecule has 14 heavy (non-hydrogen) atoms. The molecular weight excluding hydrogens is 178 g/mol. The van der Waals surface area contributed by atoms with Gasteiger partial charge in [0.2, 0.25) is 0 Å². The molecule has 4 heteroatoms. The molecule has 4 nitrogen and oxygen atoms in total. The Hall–Kier alpha value is -1.45. The topological polar surface area (TPSA) is 68.9 Å². The van der Waals surface area contributed by atoms with Gasteiger partial charge in [-0.3, -0.25) is 4.79 Å². The van der Waals surface area contributed by atoms with Gasteiger partial charge in [0, 0.05) is 6.92 Å². The van der Waals surface area contributed by atoms with Crippen LogP contribution in [-0.4, -0.2) is 15.8 Å². The van der Waals surface area contributed by atoms with E-state index in [1.165, 1.54) is 6.92 Å². The Bertz CT molecular complexity index is 387. The van der Waals surface area contributed by atoms with E-state index in [1.807, 2.05) is 0 Å². The van der Waals surface area contributed by atoms with Crippen molar-refractivity contribution in [3.8, 4) is 0 Å². The number of aromatic nitrogens is 2. The van der Waals surface area contributed by atoms with Crippen molar-refractivity contribution < 1.29 is 4.79 Å². The van der Waals surface area contributed by atoms with Gasteiger partial charge in [-0.1, -0.05) is 0 Å². The zero-order chi connectivity index (χ0) is 10.1. The standard InChI is InChI=1S/C10H13N3O/c1-6(14)9-10(11)13-8-5-3-2-4-7(8)12-9/h2-5H2,1H3,(H2,11,13). The molecule has 0 saturated heterocycles. The summed E-state index contributed by atoms with van der Waals surface area (Å²) in [5.41, 5.74) is 7.90. The van der Waals surface area contributed by atoms with Crippen molar-refractivity contribution in [2.24, 2.45) is 0 Å². The predicted molar refractivity (Wildman–Crippen MR) is 53.1 cm³/mol. The molecule has 1 aliphatic rings. The Morgan fingerprint density at radius 2 is 1.79 bits per heavy atom. The smallest absolute Gasteiger partial charge is 0.181 e. The van der Waals surface area contributed by atoms with Gasteiger partial charge < -0.3 is 5.73 Å². The van der Waals surface area contributed by atoms with Crippen LogP contribution >= 0.6 is 0 Å². The number of aryl methyl sites for hydroxylation is 2. The SMILES string of the molecule is CC(=O)c1nc2c(nc1N)CCCC2. The number of Topliss-reactive ketones (excluding diaryl/α,β-unsaturated/α-hetero) is 1. The monoisotopic (exact) mass is 191 g/mol. The van der Waals surface area contributed by atoms with Crippen molar-refractivity contribution in [3.05, 3.63) is 17.1 Å². The zero-order valence-electron chi connectivity index (χ0n) is 8.21. The fourth-order valence-electron chi connectivity index (χ4n) is 1.76. The first kappa shape index (κ1) is 9.12. The van der Waals surface area contributed by atoms with Crippen LogP contribution in [0.15, 0.2) is 0 Å². The molecule has 0 radical (unpaired) electrons. The maximum absolute atomic E-state index is 11.2. The lowest BCUT2D eigenvalue weighted by atomic mass is 10.0. The van der Waals surface area contributed by atoms with Crippen LogP contribution in [0.5, 0.6) is 0 Å². The largest absolute Gasteiger partial charge is 0.382 e. The van der Waals surface area contributed by atoms with Gasteiger partial charge in [-0.2, -0.15) is 0 Å². The number of hydrogen-bond acceptors (Lipinski definition) is 4. The van der Waals surface area contributed by atoms with Gasteiger partial charge in [-0.15, -0.1) is 0 Å². The van der Waals surface area contributed by atoms with Crippen LogP contribution in [0.25, 0.3) is 0 Å². The predicted octanol–water partition coefficient (Wildman–Crippen LogP) is 1.14. The lowest BCUT2D eigenvalue weighted by Crippen LogP contribution is -2.14. The number of hydrogen-bond donors (Lipinski definition) is 1. The van der Waals surface area contributed by atoms with Gasteiger partial charge in [-0.05, 0) is 25.7 Å². The van der Waals surface area contributed by atoms with E-state index in [-0.39, 0.29) is 11.6 Å². The third kappa shape index (κ3) is 1.47. The van der Waals surface area contributed by atoms with E-state index in [9.17, 15) is 4.79 Å². The van der Waals surface area contributed by atoms with E-state index in [0.717, 1.165) is 37.1 Å². The number of ketones is 1. The Morgan fingerprint density at radius 3 is 2.36 bits per heavy atom. The molecule has 0 unspecified atom stereocenters. The first-order valence-electron chi connectivity index (χ1n) is 4.84. The van der Waals surface area contributed by atoms with Gasteiger partial charge >= 0.3 is 0 Å². The third-order valence-electron chi connectivity index (χ3n) is 2.49. The summed E-state index contributed by atoms with van der Waals surface area (Å²) in [6.07, 6.45) is 4.12. The summed E-state index contributed by atoms with van der Waals surface area (Å²) in [4.78, 5) is 19.7. The highest BCUT2D eigenvalue weighted by atomic mass is 16.1. The molecule has 1 aromatic rings. The van der Waals surface area contributed by atoms with Crippen LogP contribution in [0.4, 0.5) is 5.82 Å². The molecule has 0 aromatic carbocycles. The quantitative estimate of drug-likeness (QED) is 0.676. The number of rotatable bonds is 1. The molecule has 0 spiro atoms. The summed E-state index contributed by atoms with van der Waals surface area (Å²) < 4.78 is 0. The van der Waals surface area contributed by atoms with Crippen LogP contribution in [0.3, 0.4) is 0 Å². The highest BCUT2D eigenvalue weighted by Crippen LogP contribution is 2.20. The molecule has 1 aromatic heterocycles. The van der Waals surface area contributed by atoms with Crippen LogP contribution in [-0.2, 0) is 12.8 Å². The average molecular weight is 191 g/mol. The number of carbonyl (C=O) groups is 1. The molecule has 2 N–H and O–H groups in total. The minimum Gasteiger partial charge on any atom is -0.382 e. The van der Waals surface area contributed by atoms with Crippen molar-refractivity contribution in [3.63, 3.8) is 0 Å². The molecule has 0 amide bonds. The van der Waals surface area contributed by atoms with E-state index < -0.39 is 0 Å². The highest BCUT2D eigenvalue weighted by molar-refractivity contribution is 5.96. The van der Waals surface area contributed by atoms with Crippen molar-refractivity contribution in [1.82, 2.24) is 9.97 Å². The molecular formula is C10H13N3O. The highest BCUT2D eigenvalue weighted by Gasteiger charge is 2.17. The number of fused-ring (bicyclic) bond motifs is 1. The van der Waals surface area contributed by atoms with Gasteiger partial charge in [-0.25, -0.2) is 9.97 Å². The molecule has 2 rings (SSSR count). The molecule has 0 saturated carbocycles. The van der Waals surface area contributed by atoms with E-state index in [1.54, 1.807) is 0 Å². The average Bonchev–Trinajstić information content (AvgIpc) is 2.16. The molecule has 0 atom stereocenters. The van der Waals surface area contributed by atoms with Crippen molar-refractivity contribution in [1.29, 1.82) is 0 Å². The van der Waals surface area contributed by atoms with Gasteiger partial charge in [0.15, 0.2) is 11.6 Å². The minimum absolute atomic E-state index is 0.108. The second kappa shape index (κ2) is 3.36. The molecule has 0 bridgehead atoms. The van der Waals surface area contributed by atoms with E-state index in [0.29, 0.717) is 5.69 Å². The number of nitrogens with zero attached hydrogens (tertiary/aromatic N) is 2. The Labute approximate surface area is 82.6 Å². The van der Waals surface area contributed by atoms with Gasteiger partial charge in [0.25, 0.3) is 0 Å². The van der Waals surface area contributed by atoms with Crippen molar-refractivity contribution in [2.75, 3.05) is 5.73 Å². The summed E-state index contributed by atoms with van der Waals surface area (Å²) in [5.74, 6) is 0.168. The van der Waals surface area contributed by atoms with Crippen LogP contribution in [0.1, 0.15) is 41.6 Å². The number of nitrogens with two attached hydrogens (primary N) is 1. The number of carbonyl (C=O) groups excluding carboxylic acids is 1. The fraction of sp³-hybridized carbons (Fsp3) is 0.500. The summed E-state index contributed by atoms with van der Waals surface area (Å²) in [6.45, 7) is 1.47. The maximum atomic E-state index is 11.2. The van der Waals surface area contributed by atoms with Crippen LogP contribution in [0.2, 0.25) is 0 Å². The van der Waals surface area contributed by atoms with Crippen LogP contribution in [0, 0.1) is 0 Å². The lowest BCUT2D eigenvalue weighted by Gasteiger charge is -2.14. The van der Waals surface area contributed by atoms with Gasteiger partial charge in [0.05, 0.1) is 11.4 Å². The van der Waals surface area contributed by atoms with Crippen molar-refractivity contribution in [2.45, 2.75) is 32.6 Å². The number of nitrogen functional groups attached to an aromatic ring is 1. The first-order valence-corrected chi connectivity index (χ1v) is 4.84. The van der Waals surface area contributed by atoms with E-state index >= 15 is 0 Å². The second-order valence-electron chi connectivity index (χ2n) is 3.61. The van der Waals surface area contributed by atoms with E-state index in [2.05, 4.69) is 9.97 Å². The molecule has 1 heterocycles. The summed E-state index contributed by atoms with van der Waals surface area (Å²) >= 11 is 0. The summed E-state index contributed by atoms with van der Waals surface area (Å²) in [7, 11) is 0. The first-order chi connectivity index (χ1) is 6.68. The molecule has 1 aliphatic carbocycles. The van der Waals surface area contributed by atoms with E-state index in [4.69, 9.17) is 5.73 Å². The second-order valence-corrected chi connectivity index (χ2v) is 3.61. The number of anilines is 1. The molecule has 0 aliphatic heterocycles. The maximum Gasteiger partial charge on any atom is 0.181 e. The normalized spacial score (nSPS) is 14.9. The minimum atomic E-state index is -0.108. The fourth-order valence-corrected chi connectivity index (χ4v) is 1.76. The Kier molecular flexibility index (Phi) is 2.19. The summed E-state index contributed by atoms with van der Waals surface area (Å²) in [5, 5.41) is 0. The molecule has 74 valence electrons. The zero-order valence-corrected chi connectivity index (χ0v) is 8.21. The third-order valence-corrected chi connectivity index (χ3v) is 2.49. The lowest BCUT2D eigenvalue weighted by molar-refractivity contribution is 0.101. The van der Waals surface area contributed by atoms with Crippen molar-refractivity contribution >= 4 is 11.6 Å². The Balaban J connectivity index is 2.50. The summed E-state index contributed by atoms with van der Waals surface area (Å²) in [6, 6.07) is 0. The van der Waals surface area contributed by atoms with Gasteiger partial charge in [0.1, 0.15) is 5.69 Å². The Morgan fingerprint density at radius 1 is 1.21 bits per heavy atom. The molecule has 0 fully saturated rings.